The van der Waals surface area contributed by atoms with Gasteiger partial charge in [0.15, 0.2) is 5.65 Å². The van der Waals surface area contributed by atoms with Gasteiger partial charge in [0.2, 0.25) is 0 Å². The third-order valence-corrected chi connectivity index (χ3v) is 8.83. The molecule has 1 aliphatic carbocycles. The first-order chi connectivity index (χ1) is 19.4. The maximum atomic E-state index is 15.5. The van der Waals surface area contributed by atoms with Crippen LogP contribution in [0.1, 0.15) is 62.1 Å². The first-order valence-corrected chi connectivity index (χ1v) is 14.4. The number of halogens is 1. The van der Waals surface area contributed by atoms with Gasteiger partial charge >= 0.3 is 5.97 Å². The highest BCUT2D eigenvalue weighted by Gasteiger charge is 2.38. The Kier molecular flexibility index (Phi) is 7.06. The Hall–Kier alpha value is -3.75. The van der Waals surface area contributed by atoms with Gasteiger partial charge in [-0.25, -0.2) is 18.7 Å². The number of aromatic nitrogens is 3. The molecule has 0 saturated carbocycles. The lowest BCUT2D eigenvalue weighted by Gasteiger charge is -2.27. The van der Waals surface area contributed by atoms with Gasteiger partial charge in [0.05, 0.1) is 12.8 Å². The van der Waals surface area contributed by atoms with Crippen molar-refractivity contribution < 1.29 is 18.7 Å². The zero-order valence-corrected chi connectivity index (χ0v) is 23.4. The number of amides is 1. The lowest BCUT2D eigenvalue weighted by atomic mass is 10.00. The molecule has 8 nitrogen and oxygen atoms in total. The number of carbonyl (C=O) groups excluding carboxylic acids is 2. The highest BCUT2D eigenvalue weighted by atomic mass is 19.1. The number of benzene rings is 1. The molecule has 0 unspecified atom stereocenters. The van der Waals surface area contributed by atoms with Crippen LogP contribution in [0.3, 0.4) is 0 Å². The van der Waals surface area contributed by atoms with E-state index < -0.39 is 0 Å². The van der Waals surface area contributed by atoms with Crippen molar-refractivity contribution in [2.45, 2.75) is 58.4 Å². The van der Waals surface area contributed by atoms with E-state index in [1.54, 1.807) is 22.7 Å². The van der Waals surface area contributed by atoms with Crippen molar-refractivity contribution in [3.63, 3.8) is 0 Å². The highest BCUT2D eigenvalue weighted by molar-refractivity contribution is 5.93. The summed E-state index contributed by atoms with van der Waals surface area (Å²) in [6.07, 6.45) is 7.68. The van der Waals surface area contributed by atoms with Gasteiger partial charge in [-0.05, 0) is 68.7 Å². The SMILES string of the molecule is CCc1cc(C(=O)N2CCCCC[C@H]2C)nc2cc(-c3ccc(N4C[C@@H]5CC(C(=O)OC)=C[C@@H]5C4)cc3F)nn12. The van der Waals surface area contributed by atoms with E-state index in [0.717, 1.165) is 62.3 Å². The number of anilines is 1. The number of hydrogen-bond acceptors (Lipinski definition) is 6. The Morgan fingerprint density at radius 2 is 1.98 bits per heavy atom. The molecule has 2 saturated heterocycles. The largest absolute Gasteiger partial charge is 0.466 e. The fourth-order valence-corrected chi connectivity index (χ4v) is 6.57. The van der Waals surface area contributed by atoms with Gasteiger partial charge in [-0.3, -0.25) is 4.79 Å². The smallest absolute Gasteiger partial charge is 0.333 e. The molecule has 3 aromatic rings. The number of rotatable bonds is 5. The van der Waals surface area contributed by atoms with Crippen LogP contribution < -0.4 is 4.90 Å². The molecule has 3 aliphatic rings. The van der Waals surface area contributed by atoms with E-state index in [1.807, 2.05) is 30.0 Å². The molecule has 2 aliphatic heterocycles. The van der Waals surface area contributed by atoms with E-state index in [2.05, 4.69) is 21.9 Å². The topological polar surface area (TPSA) is 80.0 Å². The van der Waals surface area contributed by atoms with Crippen molar-refractivity contribution in [1.82, 2.24) is 19.5 Å². The third kappa shape index (κ3) is 4.75. The van der Waals surface area contributed by atoms with Gasteiger partial charge in [0, 0.05) is 54.3 Å². The van der Waals surface area contributed by atoms with Gasteiger partial charge < -0.3 is 14.5 Å². The molecular weight excluding hydrogens is 509 g/mol. The summed E-state index contributed by atoms with van der Waals surface area (Å²) in [5, 5.41) is 4.69. The highest BCUT2D eigenvalue weighted by Crippen LogP contribution is 2.40. The van der Waals surface area contributed by atoms with Crippen molar-refractivity contribution in [2.24, 2.45) is 11.8 Å². The zero-order chi connectivity index (χ0) is 28.0. The summed E-state index contributed by atoms with van der Waals surface area (Å²) in [5.74, 6) is -0.0473. The third-order valence-electron chi connectivity index (χ3n) is 8.83. The number of ether oxygens (including phenoxy) is 1. The molecular formula is C31H36FN5O3. The minimum absolute atomic E-state index is 0.0474. The van der Waals surface area contributed by atoms with Gasteiger partial charge in [-0.1, -0.05) is 25.8 Å². The molecule has 4 heterocycles. The maximum absolute atomic E-state index is 15.5. The Morgan fingerprint density at radius 3 is 2.73 bits per heavy atom. The summed E-state index contributed by atoms with van der Waals surface area (Å²) >= 11 is 0. The molecule has 0 N–H and O–H groups in total. The Balaban J connectivity index is 1.25. The minimum Gasteiger partial charge on any atom is -0.466 e. The van der Waals surface area contributed by atoms with Crippen LogP contribution in [0.25, 0.3) is 16.9 Å². The molecule has 2 fully saturated rings. The predicted octanol–water partition coefficient (Wildman–Crippen LogP) is 5.06. The summed E-state index contributed by atoms with van der Waals surface area (Å²) in [6, 6.07) is 9.04. The molecule has 0 bridgehead atoms. The molecule has 0 spiro atoms. The lowest BCUT2D eigenvalue weighted by molar-refractivity contribution is -0.136. The first kappa shape index (κ1) is 26.5. The number of methoxy groups -OCH3 is 1. The monoisotopic (exact) mass is 545 g/mol. The summed E-state index contributed by atoms with van der Waals surface area (Å²) in [7, 11) is 1.41. The normalized spacial score (nSPS) is 22.8. The van der Waals surface area contributed by atoms with Crippen LogP contribution >= 0.6 is 0 Å². The summed E-state index contributed by atoms with van der Waals surface area (Å²) < 4.78 is 22.1. The average molecular weight is 546 g/mol. The molecule has 1 amide bonds. The van der Waals surface area contributed by atoms with Crippen molar-refractivity contribution in [3.8, 4) is 11.3 Å². The van der Waals surface area contributed by atoms with E-state index >= 15 is 4.39 Å². The number of hydrogen-bond donors (Lipinski definition) is 0. The zero-order valence-electron chi connectivity index (χ0n) is 23.4. The van der Waals surface area contributed by atoms with Crippen molar-refractivity contribution in [3.05, 3.63) is 59.2 Å². The van der Waals surface area contributed by atoms with Gasteiger partial charge in [0.25, 0.3) is 5.91 Å². The number of carbonyl (C=O) groups is 2. The van der Waals surface area contributed by atoms with Crippen LogP contribution in [0.2, 0.25) is 0 Å². The predicted molar refractivity (Wildman–Crippen MR) is 151 cm³/mol. The van der Waals surface area contributed by atoms with Gasteiger partial charge in [-0.2, -0.15) is 5.10 Å². The van der Waals surface area contributed by atoms with Crippen molar-refractivity contribution in [1.29, 1.82) is 0 Å². The second-order valence-electron chi connectivity index (χ2n) is 11.4. The lowest BCUT2D eigenvalue weighted by Crippen LogP contribution is -2.38. The summed E-state index contributed by atoms with van der Waals surface area (Å²) in [5.41, 5.74) is 4.28. The minimum atomic E-state index is -0.350. The average Bonchev–Trinajstić information content (AvgIpc) is 3.62. The van der Waals surface area contributed by atoms with Crippen molar-refractivity contribution in [2.75, 3.05) is 31.6 Å². The molecule has 0 radical (unpaired) electrons. The fraction of sp³-hybridized carbons (Fsp3) is 0.484. The number of esters is 1. The summed E-state index contributed by atoms with van der Waals surface area (Å²) in [4.78, 5) is 34.1. The number of nitrogens with zero attached hydrogens (tertiary/aromatic N) is 5. The van der Waals surface area contributed by atoms with Crippen molar-refractivity contribution >= 4 is 23.2 Å². The summed E-state index contributed by atoms with van der Waals surface area (Å²) in [6.45, 7) is 6.39. The molecule has 3 atom stereocenters. The Morgan fingerprint density at radius 1 is 1.12 bits per heavy atom. The first-order valence-electron chi connectivity index (χ1n) is 14.4. The van der Waals surface area contributed by atoms with E-state index in [4.69, 9.17) is 4.74 Å². The molecule has 2 aromatic heterocycles. The number of likely N-dealkylation sites (tertiary alicyclic amines) is 1. The van der Waals surface area contributed by atoms with Crippen LogP contribution in [-0.4, -0.2) is 64.2 Å². The molecule has 1 aromatic carbocycles. The molecule has 6 rings (SSSR count). The standard InChI is InChI=1S/C31H36FN5O3/c1-4-23-15-28(30(38)36-11-7-5-6-8-19(36)2)33-29-16-27(34-37(23)29)25-10-9-24(14-26(25)32)35-17-21-12-20(31(39)40-3)13-22(21)18-35/h9-10,12,14-16,19,21-22H,4-8,11,13,17-18H2,1-3H3/t19-,21-,22+/m1/s1. The second-order valence-corrected chi connectivity index (χ2v) is 11.4. The quantitative estimate of drug-likeness (QED) is 0.417. The fourth-order valence-electron chi connectivity index (χ4n) is 6.57. The van der Waals surface area contributed by atoms with E-state index in [0.29, 0.717) is 41.4 Å². The van der Waals surface area contributed by atoms with E-state index in [-0.39, 0.29) is 29.7 Å². The van der Waals surface area contributed by atoms with Crippen LogP contribution in [0.15, 0.2) is 42.0 Å². The second kappa shape index (κ2) is 10.7. The van der Waals surface area contributed by atoms with E-state index in [9.17, 15) is 9.59 Å². The van der Waals surface area contributed by atoms with Crippen LogP contribution in [0.4, 0.5) is 10.1 Å². The van der Waals surface area contributed by atoms with Gasteiger partial charge in [-0.15, -0.1) is 0 Å². The maximum Gasteiger partial charge on any atom is 0.333 e. The Labute approximate surface area is 233 Å². The molecule has 40 heavy (non-hydrogen) atoms. The van der Waals surface area contributed by atoms with Crippen LogP contribution in [-0.2, 0) is 16.0 Å². The van der Waals surface area contributed by atoms with E-state index in [1.165, 1.54) is 7.11 Å². The molecule has 9 heteroatoms. The number of aryl methyl sites for hydroxylation is 1. The van der Waals surface area contributed by atoms with Crippen LogP contribution in [0, 0.1) is 17.7 Å². The molecule has 210 valence electrons. The van der Waals surface area contributed by atoms with Crippen LogP contribution in [0.5, 0.6) is 0 Å². The number of fused-ring (bicyclic) bond motifs is 2. The Bertz CT molecular complexity index is 1500. The van der Waals surface area contributed by atoms with Gasteiger partial charge in [0.1, 0.15) is 11.5 Å².